The fraction of sp³-hybridized carbons (Fsp3) is 0.714. The maximum Gasteiger partial charge on any atom is 0.330 e. The second-order valence-corrected chi connectivity index (χ2v) is 7.75. The molecule has 12 heteroatoms. The van der Waals surface area contributed by atoms with Crippen LogP contribution >= 0.6 is 7.60 Å². The van der Waals surface area contributed by atoms with Gasteiger partial charge in [-0.1, -0.05) is 0 Å². The van der Waals surface area contributed by atoms with E-state index in [1.807, 2.05) is 4.98 Å². The molecule has 1 fully saturated rings. The number of rotatable bonds is 9. The highest BCUT2D eigenvalue weighted by atomic mass is 31.2. The lowest BCUT2D eigenvalue weighted by molar-refractivity contribution is -0.0682. The molecular weight excluding hydrogens is 371 g/mol. The summed E-state index contributed by atoms with van der Waals surface area (Å²) < 4.78 is 28.0. The monoisotopic (exact) mass is 394 g/mol. The third-order valence-electron chi connectivity index (χ3n) is 3.80. The van der Waals surface area contributed by atoms with E-state index >= 15 is 0 Å². The molecule has 1 aliphatic heterocycles. The topological polar surface area (TPSA) is 160 Å². The Hall–Kier alpha value is -1.33. The molecule has 0 aliphatic carbocycles. The smallest absolute Gasteiger partial charge is 0.330 e. The van der Waals surface area contributed by atoms with Gasteiger partial charge in [0.15, 0.2) is 6.23 Å². The van der Waals surface area contributed by atoms with Gasteiger partial charge in [-0.15, -0.1) is 0 Å². The van der Waals surface area contributed by atoms with E-state index in [4.69, 9.17) is 14.0 Å². The second kappa shape index (κ2) is 9.05. The highest BCUT2D eigenvalue weighted by Gasteiger charge is 2.44. The summed E-state index contributed by atoms with van der Waals surface area (Å²) in [5.41, 5.74) is -1.36. The third-order valence-corrected chi connectivity index (χ3v) is 5.35. The molecule has 0 aromatic carbocycles. The van der Waals surface area contributed by atoms with Gasteiger partial charge in [-0.3, -0.25) is 18.9 Å². The van der Waals surface area contributed by atoms with Gasteiger partial charge < -0.3 is 29.1 Å². The zero-order valence-electron chi connectivity index (χ0n) is 14.2. The highest BCUT2D eigenvalue weighted by Crippen LogP contribution is 2.42. The van der Waals surface area contributed by atoms with E-state index in [1.165, 1.54) is 0 Å². The summed E-state index contributed by atoms with van der Waals surface area (Å²) in [5.74, 6) is 0. The number of aliphatic hydroxyl groups is 2. The van der Waals surface area contributed by atoms with Gasteiger partial charge >= 0.3 is 13.3 Å². The van der Waals surface area contributed by atoms with Crippen LogP contribution in [-0.2, 0) is 18.6 Å². The number of nitrogens with zero attached hydrogens (tertiary/aromatic N) is 1. The fourth-order valence-electron chi connectivity index (χ4n) is 2.56. The minimum Gasteiger partial charge on any atom is -0.387 e. The van der Waals surface area contributed by atoms with E-state index in [-0.39, 0.29) is 32.4 Å². The van der Waals surface area contributed by atoms with Crippen LogP contribution in [0.3, 0.4) is 0 Å². The van der Waals surface area contributed by atoms with Crippen LogP contribution in [0.2, 0.25) is 0 Å². The van der Waals surface area contributed by atoms with E-state index in [2.05, 4.69) is 0 Å². The number of ether oxygens (including phenoxy) is 2. The predicted octanol–water partition coefficient (Wildman–Crippen LogP) is -1.22. The molecule has 0 spiro atoms. The number of aliphatic hydroxyl groups excluding tert-OH is 2. The van der Waals surface area contributed by atoms with Crippen molar-refractivity contribution in [3.8, 4) is 0 Å². The summed E-state index contributed by atoms with van der Waals surface area (Å²) in [6.07, 6.45) is -3.39. The lowest BCUT2D eigenvalue weighted by atomic mass is 10.1. The number of aromatic nitrogens is 2. The lowest BCUT2D eigenvalue weighted by Gasteiger charge is -2.16. The largest absolute Gasteiger partial charge is 0.387 e. The van der Waals surface area contributed by atoms with Crippen molar-refractivity contribution in [2.75, 3.05) is 26.0 Å². The van der Waals surface area contributed by atoms with Gasteiger partial charge in [-0.05, 0) is 13.3 Å². The van der Waals surface area contributed by atoms with Crippen LogP contribution in [0.1, 0.15) is 19.6 Å². The van der Waals surface area contributed by atoms with Crippen molar-refractivity contribution < 1.29 is 33.7 Å². The Kier molecular flexibility index (Phi) is 7.30. The van der Waals surface area contributed by atoms with Gasteiger partial charge in [0.05, 0.1) is 19.4 Å². The molecule has 0 radical (unpaired) electrons. The summed E-state index contributed by atoms with van der Waals surface area (Å²) >= 11 is 0. The molecule has 0 bridgehead atoms. The van der Waals surface area contributed by atoms with E-state index in [0.29, 0.717) is 0 Å². The third kappa shape index (κ3) is 5.34. The molecule has 4 N–H and O–H groups in total. The number of nitrogens with one attached hydrogen (secondary N) is 1. The van der Waals surface area contributed by atoms with Crippen LogP contribution in [0.5, 0.6) is 0 Å². The minimum absolute atomic E-state index is 0.0626. The lowest BCUT2D eigenvalue weighted by Crippen LogP contribution is -2.37. The number of H-pyrrole nitrogens is 1. The van der Waals surface area contributed by atoms with Crippen LogP contribution in [0.4, 0.5) is 0 Å². The predicted molar refractivity (Wildman–Crippen MR) is 89.0 cm³/mol. The Bertz CT molecular complexity index is 748. The summed E-state index contributed by atoms with van der Waals surface area (Å²) in [4.78, 5) is 34.3. The average Bonchev–Trinajstić information content (AvgIpc) is 2.83. The quantitative estimate of drug-likeness (QED) is 0.297. The van der Waals surface area contributed by atoms with Crippen molar-refractivity contribution in [2.24, 2.45) is 0 Å². The molecule has 148 valence electrons. The highest BCUT2D eigenvalue weighted by molar-refractivity contribution is 7.52. The van der Waals surface area contributed by atoms with Crippen LogP contribution in [0.25, 0.3) is 0 Å². The minimum atomic E-state index is -3.61. The molecule has 5 atom stereocenters. The summed E-state index contributed by atoms with van der Waals surface area (Å²) in [6, 6.07) is 1.10. The van der Waals surface area contributed by atoms with E-state index in [9.17, 15) is 29.3 Å². The molecule has 1 aromatic heterocycles. The first kappa shape index (κ1) is 21.0. The molecule has 11 nitrogen and oxygen atoms in total. The van der Waals surface area contributed by atoms with Crippen LogP contribution < -0.4 is 11.2 Å². The maximum atomic E-state index is 11.8. The normalized spacial score (nSPS) is 28.2. The van der Waals surface area contributed by atoms with Crippen molar-refractivity contribution in [1.82, 2.24) is 9.55 Å². The second-order valence-electron chi connectivity index (χ2n) is 5.77. The van der Waals surface area contributed by atoms with Crippen LogP contribution in [0.15, 0.2) is 21.9 Å². The average molecular weight is 394 g/mol. The van der Waals surface area contributed by atoms with Crippen LogP contribution in [0, 0.1) is 0 Å². The summed E-state index contributed by atoms with van der Waals surface area (Å²) in [7, 11) is -3.61. The van der Waals surface area contributed by atoms with Gasteiger partial charge in [-0.25, -0.2) is 4.79 Å². The van der Waals surface area contributed by atoms with Crippen molar-refractivity contribution in [2.45, 2.75) is 37.9 Å². The van der Waals surface area contributed by atoms with Gasteiger partial charge in [0.2, 0.25) is 0 Å². The molecule has 2 heterocycles. The van der Waals surface area contributed by atoms with Gasteiger partial charge in [-0.2, -0.15) is 0 Å². The first-order chi connectivity index (χ1) is 12.2. The molecule has 26 heavy (non-hydrogen) atoms. The molecule has 0 amide bonds. The Labute approximate surface area is 148 Å². The Morgan fingerprint density at radius 3 is 2.73 bits per heavy atom. The molecule has 0 saturated carbocycles. The molecule has 2 rings (SSSR count). The molecular formula is C14H23N2O9P. The zero-order chi connectivity index (χ0) is 19.3. The van der Waals surface area contributed by atoms with Crippen LogP contribution in [-0.4, -0.2) is 69.0 Å². The van der Waals surface area contributed by atoms with Gasteiger partial charge in [0.1, 0.15) is 18.3 Å². The van der Waals surface area contributed by atoms with Gasteiger partial charge in [0.25, 0.3) is 5.56 Å². The van der Waals surface area contributed by atoms with Gasteiger partial charge in [0, 0.05) is 18.9 Å². The van der Waals surface area contributed by atoms with E-state index < -0.39 is 43.4 Å². The maximum absolute atomic E-state index is 11.8. The summed E-state index contributed by atoms with van der Waals surface area (Å²) in [5, 5.41) is 20.1. The first-order valence-electron chi connectivity index (χ1n) is 8.12. The first-order valence-corrected chi connectivity index (χ1v) is 9.88. The molecule has 1 unspecified atom stereocenters. The Morgan fingerprint density at radius 1 is 1.35 bits per heavy atom. The Morgan fingerprint density at radius 2 is 2.08 bits per heavy atom. The molecule has 1 aromatic rings. The fourth-order valence-corrected chi connectivity index (χ4v) is 3.62. The van der Waals surface area contributed by atoms with Crippen molar-refractivity contribution >= 4 is 7.60 Å². The number of hydrogen-bond donors (Lipinski definition) is 4. The SMILES string of the molecule is CCOP(=O)(O)CCCOC[C@H]1O[C@@H](n2ccc(=O)[nH]c2=O)[C@H](O)[C@@H]1O. The number of aromatic amines is 1. The Balaban J connectivity index is 1.85. The molecule has 1 aliphatic rings. The molecule has 1 saturated heterocycles. The summed E-state index contributed by atoms with van der Waals surface area (Å²) in [6.45, 7) is 1.80. The van der Waals surface area contributed by atoms with E-state index in [0.717, 1.165) is 16.8 Å². The zero-order valence-corrected chi connectivity index (χ0v) is 15.1. The van der Waals surface area contributed by atoms with Crippen molar-refractivity contribution in [3.63, 3.8) is 0 Å². The van der Waals surface area contributed by atoms with E-state index in [1.54, 1.807) is 6.92 Å². The van der Waals surface area contributed by atoms with Crippen molar-refractivity contribution in [3.05, 3.63) is 33.1 Å². The standard InChI is InChI=1S/C14H23N2O9P/c1-2-24-26(21,22)7-3-6-23-8-9-11(18)12(19)13(25-9)16-5-4-10(17)15-14(16)20/h4-5,9,11-13,18-19H,2-3,6-8H2,1H3,(H,21,22)(H,15,17,20)/t9-,11-,12-,13-/m1/s1. The number of hydrogen-bond acceptors (Lipinski definition) is 8. The van der Waals surface area contributed by atoms with Crippen molar-refractivity contribution in [1.29, 1.82) is 0 Å².